The van der Waals surface area contributed by atoms with Crippen LogP contribution < -0.4 is 0 Å². The van der Waals surface area contributed by atoms with E-state index in [0.29, 0.717) is 22.8 Å². The molecule has 0 amide bonds. The Hall–Kier alpha value is -2.15. The first-order valence-electron chi connectivity index (χ1n) is 8.34. The fourth-order valence-electron chi connectivity index (χ4n) is 2.29. The van der Waals surface area contributed by atoms with Crippen molar-refractivity contribution in [3.05, 3.63) is 41.5 Å². The molecule has 6 nitrogen and oxygen atoms in total. The van der Waals surface area contributed by atoms with Gasteiger partial charge in [-0.25, -0.2) is 0 Å². The Bertz CT molecular complexity index is 818. The highest BCUT2D eigenvalue weighted by Crippen LogP contribution is 2.28. The molecule has 0 saturated carbocycles. The molecule has 1 aromatic carbocycles. The molecule has 0 bridgehead atoms. The van der Waals surface area contributed by atoms with E-state index >= 15 is 0 Å². The van der Waals surface area contributed by atoms with Gasteiger partial charge in [-0.05, 0) is 29.5 Å². The lowest BCUT2D eigenvalue weighted by Crippen LogP contribution is -2.10. The van der Waals surface area contributed by atoms with Crippen molar-refractivity contribution in [1.29, 1.82) is 0 Å². The van der Waals surface area contributed by atoms with E-state index in [9.17, 15) is 0 Å². The predicted molar refractivity (Wildman–Crippen MR) is 96.3 cm³/mol. The maximum absolute atomic E-state index is 5.72. The highest BCUT2D eigenvalue weighted by atomic mass is 32.2. The van der Waals surface area contributed by atoms with Crippen molar-refractivity contribution in [2.75, 3.05) is 0 Å². The highest BCUT2D eigenvalue weighted by molar-refractivity contribution is 7.98. The van der Waals surface area contributed by atoms with Crippen molar-refractivity contribution in [1.82, 2.24) is 20.3 Å². The minimum atomic E-state index is 0.120. The Morgan fingerprint density at radius 2 is 1.84 bits per heavy atom. The van der Waals surface area contributed by atoms with E-state index in [4.69, 9.17) is 8.94 Å². The van der Waals surface area contributed by atoms with E-state index in [1.807, 2.05) is 12.1 Å². The summed E-state index contributed by atoms with van der Waals surface area (Å²) in [7, 11) is 0. The molecule has 3 rings (SSSR count). The number of aromatic nitrogens is 4. The monoisotopic (exact) mass is 358 g/mol. The van der Waals surface area contributed by atoms with Crippen LogP contribution >= 0.6 is 11.8 Å². The summed E-state index contributed by atoms with van der Waals surface area (Å²) in [6.45, 7) is 8.64. The third-order valence-corrected chi connectivity index (χ3v) is 4.51. The molecule has 0 fully saturated rings. The van der Waals surface area contributed by atoms with Crippen molar-refractivity contribution in [3.8, 4) is 11.5 Å². The summed E-state index contributed by atoms with van der Waals surface area (Å²) in [5.74, 6) is 2.34. The number of benzene rings is 1. The van der Waals surface area contributed by atoms with Crippen LogP contribution in [0.1, 0.15) is 51.4 Å². The standard InChI is InChI=1S/C18H22N4O2S/c1-5-6-14-19-15(24-22-14)11-25-17-21-20-16(23-17)12-7-9-13(10-8-12)18(2,3)4/h7-10H,5-6,11H2,1-4H3. The van der Waals surface area contributed by atoms with Crippen LogP contribution in [0.2, 0.25) is 0 Å². The lowest BCUT2D eigenvalue weighted by molar-refractivity contribution is 0.384. The molecule has 7 heteroatoms. The van der Waals surface area contributed by atoms with E-state index in [1.54, 1.807) is 0 Å². The second kappa shape index (κ2) is 7.39. The van der Waals surface area contributed by atoms with Crippen LogP contribution in [0.3, 0.4) is 0 Å². The summed E-state index contributed by atoms with van der Waals surface area (Å²) in [5.41, 5.74) is 2.30. The molecular formula is C18H22N4O2S. The van der Waals surface area contributed by atoms with Crippen molar-refractivity contribution >= 4 is 11.8 Å². The van der Waals surface area contributed by atoms with Gasteiger partial charge in [0.2, 0.25) is 11.8 Å². The maximum Gasteiger partial charge on any atom is 0.277 e. The van der Waals surface area contributed by atoms with Crippen molar-refractivity contribution in [2.45, 2.75) is 56.9 Å². The van der Waals surface area contributed by atoms with Crippen molar-refractivity contribution in [3.63, 3.8) is 0 Å². The fraction of sp³-hybridized carbons (Fsp3) is 0.444. The predicted octanol–water partition coefficient (Wildman–Crippen LogP) is 4.66. The average Bonchev–Trinajstić information content (AvgIpc) is 3.22. The zero-order valence-electron chi connectivity index (χ0n) is 14.9. The van der Waals surface area contributed by atoms with Crippen LogP contribution in [-0.2, 0) is 17.6 Å². The average molecular weight is 358 g/mol. The summed E-state index contributed by atoms with van der Waals surface area (Å²) in [6.07, 6.45) is 1.82. The number of hydrogen-bond acceptors (Lipinski definition) is 7. The van der Waals surface area contributed by atoms with Crippen LogP contribution in [0.25, 0.3) is 11.5 Å². The summed E-state index contributed by atoms with van der Waals surface area (Å²) >= 11 is 1.39. The molecule has 0 saturated heterocycles. The first-order chi connectivity index (χ1) is 12.0. The third kappa shape index (κ3) is 4.48. The van der Waals surface area contributed by atoms with E-state index in [1.165, 1.54) is 17.3 Å². The molecule has 0 unspecified atom stereocenters. The smallest absolute Gasteiger partial charge is 0.277 e. The number of thioether (sulfide) groups is 1. The summed E-state index contributed by atoms with van der Waals surface area (Å²) in [4.78, 5) is 4.32. The number of aryl methyl sites for hydroxylation is 1. The van der Waals surface area contributed by atoms with Crippen LogP contribution in [0.15, 0.2) is 38.4 Å². The van der Waals surface area contributed by atoms with E-state index < -0.39 is 0 Å². The van der Waals surface area contributed by atoms with Crippen LogP contribution in [0.5, 0.6) is 0 Å². The summed E-state index contributed by atoms with van der Waals surface area (Å²) in [6, 6.07) is 8.22. The zero-order chi connectivity index (χ0) is 17.9. The van der Waals surface area contributed by atoms with Gasteiger partial charge in [-0.2, -0.15) is 4.98 Å². The Labute approximate surface area is 151 Å². The Morgan fingerprint density at radius 1 is 1.08 bits per heavy atom. The van der Waals surface area contributed by atoms with E-state index in [0.717, 1.165) is 24.2 Å². The minimum Gasteiger partial charge on any atom is -0.411 e. The lowest BCUT2D eigenvalue weighted by Gasteiger charge is -2.18. The van der Waals surface area contributed by atoms with Crippen molar-refractivity contribution < 1.29 is 8.94 Å². The van der Waals surface area contributed by atoms with E-state index in [2.05, 4.69) is 60.2 Å². The third-order valence-electron chi connectivity index (χ3n) is 3.71. The van der Waals surface area contributed by atoms with Gasteiger partial charge in [-0.3, -0.25) is 0 Å². The summed E-state index contributed by atoms with van der Waals surface area (Å²) in [5, 5.41) is 12.6. The van der Waals surface area contributed by atoms with E-state index in [-0.39, 0.29) is 5.41 Å². The first-order valence-corrected chi connectivity index (χ1v) is 9.33. The molecule has 0 atom stereocenters. The van der Waals surface area contributed by atoms with Crippen molar-refractivity contribution in [2.24, 2.45) is 0 Å². The molecule has 3 aromatic rings. The molecule has 132 valence electrons. The minimum absolute atomic E-state index is 0.120. The Balaban J connectivity index is 1.63. The van der Waals surface area contributed by atoms with Gasteiger partial charge in [-0.15, -0.1) is 10.2 Å². The normalized spacial score (nSPS) is 11.8. The largest absolute Gasteiger partial charge is 0.411 e. The molecule has 0 aliphatic carbocycles. The molecule has 0 N–H and O–H groups in total. The van der Waals surface area contributed by atoms with Gasteiger partial charge in [0.05, 0.1) is 5.75 Å². The zero-order valence-corrected chi connectivity index (χ0v) is 15.8. The number of hydrogen-bond donors (Lipinski definition) is 0. The van der Waals surface area contributed by atoms with Gasteiger partial charge >= 0.3 is 0 Å². The topological polar surface area (TPSA) is 77.8 Å². The highest BCUT2D eigenvalue weighted by Gasteiger charge is 2.15. The second-order valence-electron chi connectivity index (χ2n) is 6.84. The second-order valence-corrected chi connectivity index (χ2v) is 7.77. The van der Waals surface area contributed by atoms with Crippen LogP contribution in [-0.4, -0.2) is 20.3 Å². The van der Waals surface area contributed by atoms with Crippen LogP contribution in [0, 0.1) is 0 Å². The molecule has 0 aliphatic heterocycles. The Kier molecular flexibility index (Phi) is 5.22. The molecule has 0 radical (unpaired) electrons. The maximum atomic E-state index is 5.72. The SMILES string of the molecule is CCCc1noc(CSc2nnc(-c3ccc(C(C)(C)C)cc3)o2)n1. The van der Waals surface area contributed by atoms with Crippen LogP contribution in [0.4, 0.5) is 0 Å². The molecule has 2 heterocycles. The van der Waals surface area contributed by atoms with Gasteiger partial charge < -0.3 is 8.94 Å². The molecule has 25 heavy (non-hydrogen) atoms. The lowest BCUT2D eigenvalue weighted by atomic mass is 9.87. The Morgan fingerprint density at radius 3 is 2.52 bits per heavy atom. The number of rotatable bonds is 6. The van der Waals surface area contributed by atoms with Gasteiger partial charge in [0.15, 0.2) is 5.82 Å². The molecule has 0 aliphatic rings. The fourth-order valence-corrected chi connectivity index (χ4v) is 2.90. The molecular weight excluding hydrogens is 336 g/mol. The molecule has 0 spiro atoms. The van der Waals surface area contributed by atoms with Gasteiger partial charge in [0.25, 0.3) is 5.22 Å². The summed E-state index contributed by atoms with van der Waals surface area (Å²) < 4.78 is 10.9. The van der Waals surface area contributed by atoms with Gasteiger partial charge in [0, 0.05) is 12.0 Å². The van der Waals surface area contributed by atoms with Gasteiger partial charge in [-0.1, -0.05) is 56.7 Å². The molecule has 2 aromatic heterocycles. The quantitative estimate of drug-likeness (QED) is 0.593. The first kappa shape index (κ1) is 17.7. The van der Waals surface area contributed by atoms with Gasteiger partial charge in [0.1, 0.15) is 0 Å². The number of nitrogens with zero attached hydrogens (tertiary/aromatic N) is 4.